The first-order valence-corrected chi connectivity index (χ1v) is 6.31. The minimum absolute atomic E-state index is 0.211. The van der Waals surface area contributed by atoms with Gasteiger partial charge in [-0.15, -0.1) is 0 Å². The van der Waals surface area contributed by atoms with Crippen molar-refractivity contribution in [1.82, 2.24) is 4.98 Å². The molecule has 100 valence electrons. The van der Waals surface area contributed by atoms with Gasteiger partial charge in [0.15, 0.2) is 0 Å². The van der Waals surface area contributed by atoms with Gasteiger partial charge in [0, 0.05) is 5.56 Å². The van der Waals surface area contributed by atoms with Gasteiger partial charge in [-0.05, 0) is 25.0 Å². The molecule has 1 heterocycles. The van der Waals surface area contributed by atoms with Crippen LogP contribution in [-0.4, -0.2) is 18.1 Å². The van der Waals surface area contributed by atoms with E-state index in [-0.39, 0.29) is 5.76 Å². The van der Waals surface area contributed by atoms with Gasteiger partial charge in [-0.1, -0.05) is 31.5 Å². The highest BCUT2D eigenvalue weighted by molar-refractivity contribution is 5.88. The van der Waals surface area contributed by atoms with Crippen molar-refractivity contribution >= 4 is 5.97 Å². The molecule has 0 aliphatic heterocycles. The molecule has 0 unspecified atom stereocenters. The number of rotatable bonds is 4. The normalized spacial score (nSPS) is 10.5. The summed E-state index contributed by atoms with van der Waals surface area (Å²) in [6, 6.07) is 7.79. The zero-order valence-corrected chi connectivity index (χ0v) is 11.4. The van der Waals surface area contributed by atoms with Gasteiger partial charge in [-0.3, -0.25) is 0 Å². The average Bonchev–Trinajstić information content (AvgIpc) is 2.83. The van der Waals surface area contributed by atoms with E-state index in [1.54, 1.807) is 0 Å². The molecule has 4 nitrogen and oxygen atoms in total. The van der Waals surface area contributed by atoms with Crippen molar-refractivity contribution in [2.24, 2.45) is 0 Å². The van der Waals surface area contributed by atoms with Gasteiger partial charge in [0.2, 0.25) is 11.7 Å². The van der Waals surface area contributed by atoms with E-state index in [1.165, 1.54) is 7.11 Å². The number of ether oxygens (including phenoxy) is 1. The number of nitrogens with zero attached hydrogens (tertiary/aromatic N) is 1. The van der Waals surface area contributed by atoms with E-state index < -0.39 is 5.97 Å². The first-order valence-electron chi connectivity index (χ1n) is 6.31. The topological polar surface area (TPSA) is 52.3 Å². The summed E-state index contributed by atoms with van der Waals surface area (Å²) in [6.07, 6.45) is 1.59. The predicted octanol–water partition coefficient (Wildman–Crippen LogP) is 3.39. The number of benzene rings is 1. The maximum absolute atomic E-state index is 11.7. The van der Waals surface area contributed by atoms with Crippen LogP contribution in [0, 0.1) is 6.92 Å². The summed E-state index contributed by atoms with van der Waals surface area (Å²) in [5, 5.41) is 0. The fourth-order valence-electron chi connectivity index (χ4n) is 1.94. The number of methoxy groups -OCH3 is 1. The van der Waals surface area contributed by atoms with Crippen molar-refractivity contribution in [2.75, 3.05) is 7.11 Å². The summed E-state index contributed by atoms with van der Waals surface area (Å²) in [4.78, 5) is 16.1. The maximum atomic E-state index is 11.7. The zero-order valence-electron chi connectivity index (χ0n) is 11.4. The molecule has 1 aromatic heterocycles. The highest BCUT2D eigenvalue weighted by Crippen LogP contribution is 2.26. The number of hydrogen-bond acceptors (Lipinski definition) is 4. The summed E-state index contributed by atoms with van der Waals surface area (Å²) >= 11 is 0. The van der Waals surface area contributed by atoms with Crippen LogP contribution in [0.15, 0.2) is 28.7 Å². The molecule has 0 bridgehead atoms. The largest absolute Gasteiger partial charge is 0.463 e. The summed E-state index contributed by atoms with van der Waals surface area (Å²) in [6.45, 7) is 4.01. The molecular weight excluding hydrogens is 242 g/mol. The quantitative estimate of drug-likeness (QED) is 0.790. The van der Waals surface area contributed by atoms with Crippen LogP contribution in [0.25, 0.3) is 11.5 Å². The lowest BCUT2D eigenvalue weighted by Gasteiger charge is -1.99. The Morgan fingerprint density at radius 3 is 2.74 bits per heavy atom. The highest BCUT2D eigenvalue weighted by atomic mass is 16.5. The Morgan fingerprint density at radius 2 is 2.11 bits per heavy atom. The Morgan fingerprint density at radius 1 is 1.37 bits per heavy atom. The van der Waals surface area contributed by atoms with Crippen LogP contribution < -0.4 is 0 Å². The second-order valence-electron chi connectivity index (χ2n) is 4.35. The third-order valence-corrected chi connectivity index (χ3v) is 2.93. The molecule has 4 heteroatoms. The van der Waals surface area contributed by atoms with Gasteiger partial charge in [0.25, 0.3) is 0 Å². The van der Waals surface area contributed by atoms with Gasteiger partial charge in [-0.2, -0.15) is 0 Å². The second kappa shape index (κ2) is 5.69. The van der Waals surface area contributed by atoms with Gasteiger partial charge in [0.1, 0.15) is 0 Å². The molecule has 0 spiro atoms. The number of aryl methyl sites for hydroxylation is 2. The van der Waals surface area contributed by atoms with Crippen LogP contribution in [0.3, 0.4) is 0 Å². The van der Waals surface area contributed by atoms with Crippen LogP contribution in [0.5, 0.6) is 0 Å². The molecule has 0 aliphatic rings. The lowest BCUT2D eigenvalue weighted by atomic mass is 10.1. The van der Waals surface area contributed by atoms with Gasteiger partial charge < -0.3 is 9.15 Å². The molecule has 0 radical (unpaired) electrons. The Hall–Kier alpha value is -2.10. The molecule has 0 amide bonds. The Labute approximate surface area is 112 Å². The molecule has 0 fully saturated rings. The summed E-state index contributed by atoms with van der Waals surface area (Å²) < 4.78 is 10.3. The summed E-state index contributed by atoms with van der Waals surface area (Å²) in [5.41, 5.74) is 2.62. The Bertz CT molecular complexity index is 587. The number of carbonyl (C=O) groups excluding carboxylic acids is 1. The van der Waals surface area contributed by atoms with E-state index in [2.05, 4.69) is 4.98 Å². The number of esters is 1. The lowest BCUT2D eigenvalue weighted by Crippen LogP contribution is -2.03. The molecular formula is C15H17NO3. The summed E-state index contributed by atoms with van der Waals surface area (Å²) in [5.74, 6) is 0.209. The minimum atomic E-state index is -0.476. The van der Waals surface area contributed by atoms with Crippen molar-refractivity contribution in [3.63, 3.8) is 0 Å². The van der Waals surface area contributed by atoms with Crippen LogP contribution in [0.4, 0.5) is 0 Å². The van der Waals surface area contributed by atoms with E-state index >= 15 is 0 Å². The maximum Gasteiger partial charge on any atom is 0.376 e. The highest BCUT2D eigenvalue weighted by Gasteiger charge is 2.21. The molecule has 0 saturated carbocycles. The standard InChI is InChI=1S/C15H17NO3/c1-4-7-12-13(15(17)18-3)19-14(16-12)11-9-6-5-8-10(11)2/h5-6,8-9H,4,7H2,1-3H3. The smallest absolute Gasteiger partial charge is 0.376 e. The predicted molar refractivity (Wildman–Crippen MR) is 72.0 cm³/mol. The van der Waals surface area contributed by atoms with Crippen molar-refractivity contribution in [2.45, 2.75) is 26.7 Å². The first kappa shape index (κ1) is 13.3. The number of oxazole rings is 1. The van der Waals surface area contributed by atoms with E-state index in [4.69, 9.17) is 9.15 Å². The Kier molecular flexibility index (Phi) is 4.00. The molecule has 2 rings (SSSR count). The van der Waals surface area contributed by atoms with Crippen LogP contribution in [0.1, 0.15) is 35.2 Å². The average molecular weight is 259 g/mol. The second-order valence-corrected chi connectivity index (χ2v) is 4.35. The molecule has 0 aliphatic carbocycles. The molecule has 0 saturated heterocycles. The van der Waals surface area contributed by atoms with Crippen molar-refractivity contribution < 1.29 is 13.9 Å². The van der Waals surface area contributed by atoms with E-state index in [1.807, 2.05) is 38.1 Å². The molecule has 1 aromatic carbocycles. The Balaban J connectivity index is 2.48. The van der Waals surface area contributed by atoms with Crippen LogP contribution in [0.2, 0.25) is 0 Å². The lowest BCUT2D eigenvalue weighted by molar-refractivity contribution is 0.0564. The van der Waals surface area contributed by atoms with Crippen LogP contribution in [-0.2, 0) is 11.2 Å². The zero-order chi connectivity index (χ0) is 13.8. The fraction of sp³-hybridized carbons (Fsp3) is 0.333. The third-order valence-electron chi connectivity index (χ3n) is 2.93. The van der Waals surface area contributed by atoms with Crippen molar-refractivity contribution in [1.29, 1.82) is 0 Å². The van der Waals surface area contributed by atoms with Gasteiger partial charge in [-0.25, -0.2) is 9.78 Å². The molecule has 19 heavy (non-hydrogen) atoms. The van der Waals surface area contributed by atoms with Crippen molar-refractivity contribution in [3.8, 4) is 11.5 Å². The van der Waals surface area contributed by atoms with Gasteiger partial charge in [0.05, 0.1) is 12.8 Å². The first-order chi connectivity index (χ1) is 9.17. The number of aromatic nitrogens is 1. The number of carbonyl (C=O) groups is 1. The minimum Gasteiger partial charge on any atom is -0.463 e. The molecule has 0 N–H and O–H groups in total. The third kappa shape index (κ3) is 2.67. The molecule has 0 atom stereocenters. The number of hydrogen-bond donors (Lipinski definition) is 0. The van der Waals surface area contributed by atoms with Crippen LogP contribution >= 0.6 is 0 Å². The fourth-order valence-corrected chi connectivity index (χ4v) is 1.94. The summed E-state index contributed by atoms with van der Waals surface area (Å²) in [7, 11) is 1.34. The monoisotopic (exact) mass is 259 g/mol. The van der Waals surface area contributed by atoms with Gasteiger partial charge >= 0.3 is 5.97 Å². The van der Waals surface area contributed by atoms with E-state index in [0.717, 1.165) is 17.5 Å². The molecule has 2 aromatic rings. The van der Waals surface area contributed by atoms with Crippen molar-refractivity contribution in [3.05, 3.63) is 41.3 Å². The van der Waals surface area contributed by atoms with E-state index in [9.17, 15) is 4.79 Å². The SMILES string of the molecule is CCCc1nc(-c2ccccc2C)oc1C(=O)OC. The van der Waals surface area contributed by atoms with E-state index in [0.29, 0.717) is 18.0 Å².